The zero-order chi connectivity index (χ0) is 18.6. The summed E-state index contributed by atoms with van der Waals surface area (Å²) in [4.78, 5) is 20.4. The fourth-order valence-electron chi connectivity index (χ4n) is 2.25. The van der Waals surface area contributed by atoms with E-state index in [9.17, 15) is 18.0 Å². The lowest BCUT2D eigenvalue weighted by Crippen LogP contribution is -2.29. The number of ether oxygens (including phenoxy) is 1. The monoisotopic (exact) mass is 361 g/mol. The van der Waals surface area contributed by atoms with E-state index >= 15 is 0 Å². The van der Waals surface area contributed by atoms with Crippen molar-refractivity contribution in [1.29, 1.82) is 0 Å². The second kappa shape index (κ2) is 7.38. The molecule has 0 unspecified atom stereocenters. The van der Waals surface area contributed by atoms with Crippen LogP contribution in [0, 0.1) is 0 Å². The van der Waals surface area contributed by atoms with Crippen LogP contribution in [-0.4, -0.2) is 29.0 Å². The minimum Gasteiger partial charge on any atom is -0.492 e. The topological polar surface area (TPSA) is 64.1 Å². The van der Waals surface area contributed by atoms with Crippen LogP contribution in [0.25, 0.3) is 11.0 Å². The summed E-state index contributed by atoms with van der Waals surface area (Å²) in [6.07, 6.45) is -3.06. The normalized spacial score (nSPS) is 11.3. The summed E-state index contributed by atoms with van der Waals surface area (Å²) in [5.74, 6) is -0.351. The molecular weight excluding hydrogens is 347 g/mol. The van der Waals surface area contributed by atoms with E-state index in [0.717, 1.165) is 12.1 Å². The number of aromatic nitrogens is 2. The molecule has 0 aliphatic heterocycles. The lowest BCUT2D eigenvalue weighted by Gasteiger charge is -2.10. The maximum atomic E-state index is 12.6. The molecule has 1 N–H and O–H groups in total. The molecule has 1 aromatic heterocycles. The molecule has 0 aliphatic carbocycles. The number of para-hydroxylation sites is 2. The Balaban J connectivity index is 1.53. The number of carbonyl (C=O) groups is 1. The number of halogens is 3. The van der Waals surface area contributed by atoms with Gasteiger partial charge in [-0.05, 0) is 30.3 Å². The van der Waals surface area contributed by atoms with E-state index in [1.807, 2.05) is 6.07 Å². The first-order chi connectivity index (χ1) is 12.4. The van der Waals surface area contributed by atoms with Crippen LogP contribution in [0.5, 0.6) is 5.75 Å². The number of alkyl halides is 3. The Bertz CT molecular complexity index is 929. The van der Waals surface area contributed by atoms with Crippen LogP contribution in [0.1, 0.15) is 16.1 Å². The minimum absolute atomic E-state index is 0.0219. The quantitative estimate of drug-likeness (QED) is 0.707. The second-order valence-electron chi connectivity index (χ2n) is 5.37. The molecule has 2 aromatic carbocycles. The number of benzene rings is 2. The lowest BCUT2D eigenvalue weighted by atomic mass is 10.2. The van der Waals surface area contributed by atoms with Crippen molar-refractivity contribution in [1.82, 2.24) is 15.3 Å². The van der Waals surface area contributed by atoms with Crippen molar-refractivity contribution in [2.24, 2.45) is 0 Å². The highest BCUT2D eigenvalue weighted by Crippen LogP contribution is 2.31. The number of hydrogen-bond acceptors (Lipinski definition) is 4. The van der Waals surface area contributed by atoms with Crippen LogP contribution in [-0.2, 0) is 6.18 Å². The Hall–Kier alpha value is -3.16. The summed E-state index contributed by atoms with van der Waals surface area (Å²) >= 11 is 0. The molecule has 5 nitrogen and oxygen atoms in total. The zero-order valence-electron chi connectivity index (χ0n) is 13.5. The largest absolute Gasteiger partial charge is 0.492 e. The molecule has 0 radical (unpaired) electrons. The smallest absolute Gasteiger partial charge is 0.416 e. The van der Waals surface area contributed by atoms with Gasteiger partial charge in [0, 0.05) is 0 Å². The Morgan fingerprint density at radius 3 is 2.62 bits per heavy atom. The molecule has 0 bridgehead atoms. The van der Waals surface area contributed by atoms with Gasteiger partial charge in [0.1, 0.15) is 18.1 Å². The van der Waals surface area contributed by atoms with Gasteiger partial charge >= 0.3 is 6.18 Å². The second-order valence-corrected chi connectivity index (χ2v) is 5.37. The average Bonchev–Trinajstić information content (AvgIpc) is 2.64. The van der Waals surface area contributed by atoms with E-state index < -0.39 is 17.6 Å². The van der Waals surface area contributed by atoms with E-state index in [-0.39, 0.29) is 24.6 Å². The van der Waals surface area contributed by atoms with E-state index in [4.69, 9.17) is 4.74 Å². The summed E-state index contributed by atoms with van der Waals surface area (Å²) in [5, 5.41) is 2.59. The SMILES string of the molecule is O=C(NCCOc1cccc(C(F)(F)F)c1)c1cnc2ccccc2n1. The maximum Gasteiger partial charge on any atom is 0.416 e. The molecule has 0 spiro atoms. The molecule has 1 amide bonds. The van der Waals surface area contributed by atoms with Crippen molar-refractivity contribution >= 4 is 16.9 Å². The summed E-state index contributed by atoms with van der Waals surface area (Å²) < 4.78 is 43.2. The molecule has 0 fully saturated rings. The van der Waals surface area contributed by atoms with Crippen molar-refractivity contribution in [3.63, 3.8) is 0 Å². The highest BCUT2D eigenvalue weighted by molar-refractivity contribution is 5.93. The van der Waals surface area contributed by atoms with Gasteiger partial charge in [-0.3, -0.25) is 9.78 Å². The number of nitrogens with zero attached hydrogens (tertiary/aromatic N) is 2. The van der Waals surface area contributed by atoms with Gasteiger partial charge in [0.05, 0.1) is 29.3 Å². The van der Waals surface area contributed by atoms with Crippen LogP contribution >= 0.6 is 0 Å². The molecule has 8 heteroatoms. The molecule has 0 saturated heterocycles. The number of fused-ring (bicyclic) bond motifs is 1. The van der Waals surface area contributed by atoms with Crippen LogP contribution < -0.4 is 10.1 Å². The summed E-state index contributed by atoms with van der Waals surface area (Å²) in [6, 6.07) is 11.7. The van der Waals surface area contributed by atoms with Gasteiger partial charge in [-0.1, -0.05) is 18.2 Å². The standard InChI is InChI=1S/C18H14F3N3O2/c19-18(20,21)12-4-3-5-13(10-12)26-9-8-22-17(25)16-11-23-14-6-1-2-7-15(14)24-16/h1-7,10-11H,8-9H2,(H,22,25). The van der Waals surface area contributed by atoms with Crippen molar-refractivity contribution in [2.45, 2.75) is 6.18 Å². The minimum atomic E-state index is -4.43. The van der Waals surface area contributed by atoms with E-state index in [1.54, 1.807) is 18.2 Å². The van der Waals surface area contributed by atoms with Crippen molar-refractivity contribution < 1.29 is 22.7 Å². The maximum absolute atomic E-state index is 12.6. The Kier molecular flexibility index (Phi) is 5.01. The first-order valence-electron chi connectivity index (χ1n) is 7.73. The lowest BCUT2D eigenvalue weighted by molar-refractivity contribution is -0.137. The van der Waals surface area contributed by atoms with Crippen LogP contribution in [0.4, 0.5) is 13.2 Å². The fraction of sp³-hybridized carbons (Fsp3) is 0.167. The highest BCUT2D eigenvalue weighted by Gasteiger charge is 2.30. The predicted molar refractivity (Wildman–Crippen MR) is 88.8 cm³/mol. The van der Waals surface area contributed by atoms with Crippen LogP contribution in [0.3, 0.4) is 0 Å². The summed E-state index contributed by atoms with van der Waals surface area (Å²) in [5.41, 5.74) is 0.644. The van der Waals surface area contributed by atoms with E-state index in [0.29, 0.717) is 11.0 Å². The third-order valence-corrected chi connectivity index (χ3v) is 3.50. The van der Waals surface area contributed by atoms with Crippen LogP contribution in [0.15, 0.2) is 54.7 Å². The Morgan fingerprint density at radius 1 is 1.08 bits per heavy atom. The third kappa shape index (κ3) is 4.27. The van der Waals surface area contributed by atoms with E-state index in [2.05, 4.69) is 15.3 Å². The first kappa shape index (κ1) is 17.7. The van der Waals surface area contributed by atoms with Gasteiger partial charge in [-0.15, -0.1) is 0 Å². The molecule has 134 valence electrons. The van der Waals surface area contributed by atoms with Gasteiger partial charge < -0.3 is 10.1 Å². The Labute approximate surface area is 146 Å². The first-order valence-corrected chi connectivity index (χ1v) is 7.73. The summed E-state index contributed by atoms with van der Waals surface area (Å²) in [7, 11) is 0. The number of rotatable bonds is 5. The van der Waals surface area contributed by atoms with Gasteiger partial charge in [-0.2, -0.15) is 13.2 Å². The van der Waals surface area contributed by atoms with Crippen molar-refractivity contribution in [2.75, 3.05) is 13.2 Å². The molecule has 3 rings (SSSR count). The average molecular weight is 361 g/mol. The number of carbonyl (C=O) groups excluding carboxylic acids is 1. The molecule has 26 heavy (non-hydrogen) atoms. The fourth-order valence-corrected chi connectivity index (χ4v) is 2.25. The van der Waals surface area contributed by atoms with Crippen LogP contribution in [0.2, 0.25) is 0 Å². The molecule has 0 aliphatic rings. The molecule has 0 saturated carbocycles. The number of amides is 1. The molecule has 3 aromatic rings. The van der Waals surface area contributed by atoms with Gasteiger partial charge in [0.15, 0.2) is 0 Å². The van der Waals surface area contributed by atoms with Crippen molar-refractivity contribution in [3.05, 3.63) is 66.0 Å². The van der Waals surface area contributed by atoms with Gasteiger partial charge in [0.25, 0.3) is 5.91 Å². The molecule has 0 atom stereocenters. The highest BCUT2D eigenvalue weighted by atomic mass is 19.4. The predicted octanol–water partition coefficient (Wildman–Crippen LogP) is 3.46. The van der Waals surface area contributed by atoms with Gasteiger partial charge in [-0.25, -0.2) is 4.98 Å². The Morgan fingerprint density at radius 2 is 1.85 bits per heavy atom. The number of hydrogen-bond donors (Lipinski definition) is 1. The van der Waals surface area contributed by atoms with E-state index in [1.165, 1.54) is 18.3 Å². The van der Waals surface area contributed by atoms with Crippen molar-refractivity contribution in [3.8, 4) is 5.75 Å². The number of nitrogens with one attached hydrogen (secondary N) is 1. The third-order valence-electron chi connectivity index (χ3n) is 3.50. The molecule has 1 heterocycles. The van der Waals surface area contributed by atoms with Gasteiger partial charge in [0.2, 0.25) is 0 Å². The molecular formula is C18H14F3N3O2. The summed E-state index contributed by atoms with van der Waals surface area (Å²) in [6.45, 7) is 0.137. The zero-order valence-corrected chi connectivity index (χ0v) is 13.5.